The number of nitrogens with one attached hydrogen (secondary N) is 1. The van der Waals surface area contributed by atoms with Crippen LogP contribution in [0.2, 0.25) is 0 Å². The average molecular weight is 371 g/mol. The maximum Gasteiger partial charge on any atom is 0.255 e. The molecule has 4 heteroatoms. The van der Waals surface area contributed by atoms with Gasteiger partial charge in [-0.2, -0.15) is 0 Å². The smallest absolute Gasteiger partial charge is 0.255 e. The van der Waals surface area contributed by atoms with Crippen molar-refractivity contribution in [3.05, 3.63) is 94.3 Å². The van der Waals surface area contributed by atoms with Crippen LogP contribution in [0.3, 0.4) is 0 Å². The molecule has 1 aliphatic heterocycles. The first-order valence-electron chi connectivity index (χ1n) is 9.71. The van der Waals surface area contributed by atoms with Crippen LogP contribution in [0.25, 0.3) is 0 Å². The third-order valence-electron chi connectivity index (χ3n) is 5.34. The van der Waals surface area contributed by atoms with E-state index in [1.54, 1.807) is 6.20 Å². The minimum absolute atomic E-state index is 0.0700. The van der Waals surface area contributed by atoms with E-state index in [0.717, 1.165) is 42.9 Å². The molecular weight excluding hydrogens is 346 g/mol. The second-order valence-electron chi connectivity index (χ2n) is 7.54. The van der Waals surface area contributed by atoms with Crippen LogP contribution in [0.4, 0.5) is 5.69 Å². The fourth-order valence-corrected chi connectivity index (χ4v) is 3.89. The monoisotopic (exact) mass is 371 g/mol. The number of carbonyl (C=O) groups excluding carboxylic acids is 1. The molecule has 1 aromatic heterocycles. The van der Waals surface area contributed by atoms with Gasteiger partial charge >= 0.3 is 0 Å². The van der Waals surface area contributed by atoms with E-state index in [0.29, 0.717) is 5.56 Å². The Balaban J connectivity index is 1.50. The molecule has 1 amide bonds. The molecule has 3 aromatic rings. The lowest BCUT2D eigenvalue weighted by Crippen LogP contribution is -2.31. The molecule has 0 fully saturated rings. The first kappa shape index (κ1) is 18.4. The maximum absolute atomic E-state index is 12.8. The summed E-state index contributed by atoms with van der Waals surface area (Å²) >= 11 is 0. The van der Waals surface area contributed by atoms with Crippen molar-refractivity contribution in [1.82, 2.24) is 9.88 Å². The van der Waals surface area contributed by atoms with Crippen molar-refractivity contribution in [1.29, 1.82) is 0 Å². The van der Waals surface area contributed by atoms with E-state index in [1.165, 1.54) is 16.7 Å². The highest BCUT2D eigenvalue weighted by atomic mass is 16.1. The number of benzene rings is 2. The number of rotatable bonds is 4. The zero-order chi connectivity index (χ0) is 19.5. The standard InChI is InChI=1S/C24H25N3O/c1-17-8-9-21(18(2)12-17)24(28)26-23-14-25-13-20-16-27(11-10-22(20)23)15-19-6-4-3-5-7-19/h3-9,12-14H,10-11,15-16H2,1-2H3,(H,26,28). The van der Waals surface area contributed by atoms with Gasteiger partial charge in [0.2, 0.25) is 0 Å². The predicted octanol–water partition coefficient (Wildman–Crippen LogP) is 4.51. The lowest BCUT2D eigenvalue weighted by molar-refractivity contribution is 0.102. The lowest BCUT2D eigenvalue weighted by atomic mass is 9.99. The van der Waals surface area contributed by atoms with Crippen molar-refractivity contribution < 1.29 is 4.79 Å². The van der Waals surface area contributed by atoms with Gasteiger partial charge in [-0.15, -0.1) is 0 Å². The van der Waals surface area contributed by atoms with E-state index in [1.807, 2.05) is 44.3 Å². The summed E-state index contributed by atoms with van der Waals surface area (Å²) in [6.07, 6.45) is 4.61. The lowest BCUT2D eigenvalue weighted by Gasteiger charge is -2.29. The van der Waals surface area contributed by atoms with Crippen molar-refractivity contribution in [3.8, 4) is 0 Å². The number of fused-ring (bicyclic) bond motifs is 1. The highest BCUT2D eigenvalue weighted by Gasteiger charge is 2.21. The number of amides is 1. The first-order valence-corrected chi connectivity index (χ1v) is 9.71. The Morgan fingerprint density at radius 3 is 2.71 bits per heavy atom. The molecule has 4 rings (SSSR count). The number of anilines is 1. The molecule has 0 saturated heterocycles. The summed E-state index contributed by atoms with van der Waals surface area (Å²) < 4.78 is 0. The van der Waals surface area contributed by atoms with Crippen LogP contribution >= 0.6 is 0 Å². The Morgan fingerprint density at radius 2 is 1.93 bits per heavy atom. The topological polar surface area (TPSA) is 45.2 Å². The van der Waals surface area contributed by atoms with Gasteiger partial charge in [0, 0.05) is 31.4 Å². The van der Waals surface area contributed by atoms with Gasteiger partial charge in [-0.1, -0.05) is 48.0 Å². The summed E-state index contributed by atoms with van der Waals surface area (Å²) in [5.41, 5.74) is 7.42. The second-order valence-corrected chi connectivity index (χ2v) is 7.54. The van der Waals surface area contributed by atoms with Gasteiger partial charge in [-0.05, 0) is 48.6 Å². The van der Waals surface area contributed by atoms with E-state index in [2.05, 4.69) is 39.5 Å². The Morgan fingerprint density at radius 1 is 1.11 bits per heavy atom. The van der Waals surface area contributed by atoms with E-state index >= 15 is 0 Å². The Labute approximate surface area is 166 Å². The van der Waals surface area contributed by atoms with Gasteiger partial charge < -0.3 is 5.32 Å². The molecule has 0 spiro atoms. The van der Waals surface area contributed by atoms with Crippen LogP contribution < -0.4 is 5.32 Å². The number of aromatic nitrogens is 1. The summed E-state index contributed by atoms with van der Waals surface area (Å²) in [6.45, 7) is 6.76. The van der Waals surface area contributed by atoms with Gasteiger partial charge in [0.15, 0.2) is 0 Å². The zero-order valence-corrected chi connectivity index (χ0v) is 16.4. The third kappa shape index (κ3) is 3.97. The minimum atomic E-state index is -0.0700. The zero-order valence-electron chi connectivity index (χ0n) is 16.4. The van der Waals surface area contributed by atoms with E-state index in [-0.39, 0.29) is 5.91 Å². The molecule has 1 N–H and O–H groups in total. The molecule has 0 saturated carbocycles. The fourth-order valence-electron chi connectivity index (χ4n) is 3.89. The van der Waals surface area contributed by atoms with Crippen molar-refractivity contribution in [2.24, 2.45) is 0 Å². The molecular formula is C24H25N3O. The Hall–Kier alpha value is -2.98. The van der Waals surface area contributed by atoms with Crippen molar-refractivity contribution >= 4 is 11.6 Å². The van der Waals surface area contributed by atoms with Crippen LogP contribution in [0.15, 0.2) is 60.9 Å². The van der Waals surface area contributed by atoms with Crippen LogP contribution in [0, 0.1) is 13.8 Å². The van der Waals surface area contributed by atoms with E-state index in [4.69, 9.17) is 0 Å². The minimum Gasteiger partial charge on any atom is -0.320 e. The van der Waals surface area contributed by atoms with Gasteiger partial charge in [0.05, 0.1) is 11.9 Å². The van der Waals surface area contributed by atoms with Crippen LogP contribution in [0.1, 0.15) is 38.2 Å². The van der Waals surface area contributed by atoms with Gasteiger partial charge in [-0.25, -0.2) is 0 Å². The normalized spacial score (nSPS) is 13.8. The van der Waals surface area contributed by atoms with Gasteiger partial charge in [0.1, 0.15) is 0 Å². The molecule has 2 aromatic carbocycles. The number of hydrogen-bond donors (Lipinski definition) is 1. The summed E-state index contributed by atoms with van der Waals surface area (Å²) in [6, 6.07) is 16.4. The molecule has 28 heavy (non-hydrogen) atoms. The number of carbonyl (C=O) groups is 1. The highest BCUT2D eigenvalue weighted by molar-refractivity contribution is 6.05. The largest absolute Gasteiger partial charge is 0.320 e. The number of pyridine rings is 1. The summed E-state index contributed by atoms with van der Waals surface area (Å²) in [7, 11) is 0. The molecule has 0 radical (unpaired) electrons. The summed E-state index contributed by atoms with van der Waals surface area (Å²) in [5, 5.41) is 3.09. The molecule has 1 aliphatic rings. The molecule has 4 nitrogen and oxygen atoms in total. The van der Waals surface area contributed by atoms with Crippen molar-refractivity contribution in [2.75, 3.05) is 11.9 Å². The molecule has 0 unspecified atom stereocenters. The quantitative estimate of drug-likeness (QED) is 0.734. The maximum atomic E-state index is 12.8. The van der Waals surface area contributed by atoms with Crippen LogP contribution in [0.5, 0.6) is 0 Å². The average Bonchev–Trinajstić information content (AvgIpc) is 2.68. The van der Waals surface area contributed by atoms with E-state index < -0.39 is 0 Å². The van der Waals surface area contributed by atoms with Crippen LogP contribution in [-0.4, -0.2) is 22.3 Å². The van der Waals surface area contributed by atoms with E-state index in [9.17, 15) is 4.79 Å². The highest BCUT2D eigenvalue weighted by Crippen LogP contribution is 2.26. The molecule has 142 valence electrons. The van der Waals surface area contributed by atoms with Gasteiger partial charge in [-0.3, -0.25) is 14.7 Å². The molecule has 0 atom stereocenters. The van der Waals surface area contributed by atoms with Crippen molar-refractivity contribution in [2.45, 2.75) is 33.4 Å². The third-order valence-corrected chi connectivity index (χ3v) is 5.34. The SMILES string of the molecule is Cc1ccc(C(=O)Nc2cncc3c2CCN(Cc2ccccc2)C3)c(C)c1. The first-order chi connectivity index (χ1) is 13.6. The van der Waals surface area contributed by atoms with Crippen molar-refractivity contribution in [3.63, 3.8) is 0 Å². The molecule has 2 heterocycles. The number of aryl methyl sites for hydroxylation is 2. The number of hydrogen-bond acceptors (Lipinski definition) is 3. The predicted molar refractivity (Wildman–Crippen MR) is 112 cm³/mol. The Bertz CT molecular complexity index is 998. The summed E-state index contributed by atoms with van der Waals surface area (Å²) in [5.74, 6) is -0.0700. The number of nitrogens with zero attached hydrogens (tertiary/aromatic N) is 2. The summed E-state index contributed by atoms with van der Waals surface area (Å²) in [4.78, 5) is 19.6. The van der Waals surface area contributed by atoms with Gasteiger partial charge in [0.25, 0.3) is 5.91 Å². The van der Waals surface area contributed by atoms with Crippen LogP contribution in [-0.2, 0) is 19.5 Å². The molecule has 0 aliphatic carbocycles. The Kier molecular flexibility index (Phi) is 5.22. The fraction of sp³-hybridized carbons (Fsp3) is 0.250. The molecule has 0 bridgehead atoms. The second kappa shape index (κ2) is 7.95.